The Labute approximate surface area is 118 Å². The molecule has 0 amide bonds. The van der Waals surface area contributed by atoms with Gasteiger partial charge in [0, 0.05) is 22.0 Å². The number of carbonyl (C=O) groups is 1. The Kier molecular flexibility index (Phi) is 2.29. The van der Waals surface area contributed by atoms with Crippen molar-refractivity contribution < 1.29 is 15.0 Å². The summed E-state index contributed by atoms with van der Waals surface area (Å²) in [6, 6.07) is 2.99. The number of allylic oxidation sites excluding steroid dienone is 2. The van der Waals surface area contributed by atoms with Gasteiger partial charge in [-0.1, -0.05) is 31.9 Å². The Hall–Kier alpha value is -1.77. The maximum Gasteiger partial charge on any atom is 0.151 e. The van der Waals surface area contributed by atoms with Crippen molar-refractivity contribution in [3.63, 3.8) is 0 Å². The first kappa shape index (κ1) is 13.2. The van der Waals surface area contributed by atoms with Gasteiger partial charge in [-0.3, -0.25) is 4.79 Å². The average molecular weight is 272 g/mol. The number of hydrogen-bond donors (Lipinski definition) is 2. The smallest absolute Gasteiger partial charge is 0.151 e. The zero-order valence-electron chi connectivity index (χ0n) is 12.5. The molecule has 0 saturated heterocycles. The van der Waals surface area contributed by atoms with Crippen molar-refractivity contribution in [2.24, 2.45) is 5.41 Å². The molecule has 0 spiro atoms. The Bertz CT molecular complexity index is 682. The second kappa shape index (κ2) is 3.46. The average Bonchev–Trinajstić information content (AvgIpc) is 2.38. The molecular formula is C17H20O3. The fourth-order valence-electron chi connectivity index (χ4n) is 4.15. The quantitative estimate of drug-likeness (QED) is 0.562. The molecule has 0 unspecified atom stereocenters. The van der Waals surface area contributed by atoms with Crippen molar-refractivity contribution in [3.05, 3.63) is 34.4 Å². The van der Waals surface area contributed by atoms with Gasteiger partial charge in [0.2, 0.25) is 0 Å². The number of phenolic OH excluding ortho intramolecular Hbond substituents is 2. The molecule has 3 nitrogen and oxygen atoms in total. The number of hydrogen-bond acceptors (Lipinski definition) is 3. The van der Waals surface area contributed by atoms with E-state index in [1.165, 1.54) is 12.1 Å². The largest absolute Gasteiger partial charge is 0.508 e. The van der Waals surface area contributed by atoms with Gasteiger partial charge in [0.25, 0.3) is 0 Å². The van der Waals surface area contributed by atoms with E-state index in [9.17, 15) is 15.0 Å². The van der Waals surface area contributed by atoms with Crippen molar-refractivity contribution in [1.82, 2.24) is 0 Å². The van der Waals surface area contributed by atoms with Crippen molar-refractivity contribution >= 4 is 5.78 Å². The van der Waals surface area contributed by atoms with E-state index in [0.29, 0.717) is 5.56 Å². The molecule has 1 aromatic carbocycles. The Morgan fingerprint density at radius 2 is 1.60 bits per heavy atom. The molecule has 2 atom stereocenters. The van der Waals surface area contributed by atoms with Gasteiger partial charge >= 0.3 is 0 Å². The van der Waals surface area contributed by atoms with Gasteiger partial charge in [0.05, 0.1) is 5.92 Å². The molecule has 0 aromatic heterocycles. The van der Waals surface area contributed by atoms with Crippen LogP contribution in [0.4, 0.5) is 0 Å². The van der Waals surface area contributed by atoms with Crippen molar-refractivity contribution in [2.75, 3.05) is 0 Å². The third-order valence-electron chi connectivity index (χ3n) is 5.89. The van der Waals surface area contributed by atoms with E-state index in [1.807, 2.05) is 34.6 Å². The minimum atomic E-state index is -0.598. The van der Waals surface area contributed by atoms with Crippen LogP contribution in [0.5, 0.6) is 11.5 Å². The Morgan fingerprint density at radius 3 is 2.20 bits per heavy atom. The van der Waals surface area contributed by atoms with E-state index in [4.69, 9.17) is 0 Å². The number of benzene rings is 1. The van der Waals surface area contributed by atoms with Gasteiger partial charge in [0.1, 0.15) is 11.5 Å². The normalized spacial score (nSPS) is 30.6. The van der Waals surface area contributed by atoms with E-state index in [2.05, 4.69) is 0 Å². The van der Waals surface area contributed by atoms with Crippen LogP contribution in [-0.2, 0) is 10.2 Å². The van der Waals surface area contributed by atoms with E-state index in [0.717, 1.165) is 16.7 Å². The van der Waals surface area contributed by atoms with Crippen molar-refractivity contribution in [1.29, 1.82) is 0 Å². The van der Waals surface area contributed by atoms with Crippen LogP contribution in [0.2, 0.25) is 0 Å². The summed E-state index contributed by atoms with van der Waals surface area (Å²) in [5.74, 6) is -0.0483. The predicted octanol–water partition coefficient (Wildman–Crippen LogP) is 3.40. The van der Waals surface area contributed by atoms with Crippen LogP contribution in [0.15, 0.2) is 23.3 Å². The first-order chi connectivity index (χ1) is 9.15. The number of phenols is 2. The Balaban J connectivity index is 2.53. The third-order valence-corrected chi connectivity index (χ3v) is 5.89. The topological polar surface area (TPSA) is 57.5 Å². The van der Waals surface area contributed by atoms with Crippen molar-refractivity contribution in [2.45, 2.75) is 46.0 Å². The van der Waals surface area contributed by atoms with Crippen LogP contribution >= 0.6 is 0 Å². The molecule has 106 valence electrons. The third kappa shape index (κ3) is 1.11. The molecule has 3 aliphatic rings. The highest BCUT2D eigenvalue weighted by atomic mass is 16.3. The maximum atomic E-state index is 12.9. The lowest BCUT2D eigenvalue weighted by Gasteiger charge is -2.56. The molecular weight excluding hydrogens is 252 g/mol. The second-order valence-electron chi connectivity index (χ2n) is 6.75. The summed E-state index contributed by atoms with van der Waals surface area (Å²) in [7, 11) is 0. The van der Waals surface area contributed by atoms with E-state index >= 15 is 0 Å². The fraction of sp³-hybridized carbons (Fsp3) is 0.471. The second-order valence-corrected chi connectivity index (χ2v) is 6.75. The molecule has 0 fully saturated rings. The highest BCUT2D eigenvalue weighted by Crippen LogP contribution is 2.65. The summed E-state index contributed by atoms with van der Waals surface area (Å²) in [6.45, 7) is 9.85. The van der Waals surface area contributed by atoms with E-state index in [-0.39, 0.29) is 17.3 Å². The fourth-order valence-corrected chi connectivity index (χ4v) is 4.15. The van der Waals surface area contributed by atoms with Gasteiger partial charge in [-0.15, -0.1) is 0 Å². The molecule has 2 N–H and O–H groups in total. The molecule has 0 aliphatic heterocycles. The van der Waals surface area contributed by atoms with Crippen LogP contribution in [0.25, 0.3) is 0 Å². The monoisotopic (exact) mass is 272 g/mol. The molecule has 3 heteroatoms. The van der Waals surface area contributed by atoms with E-state index < -0.39 is 16.7 Å². The van der Waals surface area contributed by atoms with Gasteiger partial charge in [-0.25, -0.2) is 0 Å². The summed E-state index contributed by atoms with van der Waals surface area (Å²) in [5.41, 5.74) is 2.27. The molecule has 1 aromatic rings. The van der Waals surface area contributed by atoms with E-state index in [1.54, 1.807) is 0 Å². The lowest BCUT2D eigenvalue weighted by atomic mass is 9.45. The van der Waals surface area contributed by atoms with Crippen LogP contribution in [0, 0.1) is 5.41 Å². The first-order valence-electron chi connectivity index (χ1n) is 6.93. The number of rotatable bonds is 0. The van der Waals surface area contributed by atoms with Gasteiger partial charge in [-0.05, 0) is 26.0 Å². The summed E-state index contributed by atoms with van der Waals surface area (Å²) in [4.78, 5) is 12.9. The minimum Gasteiger partial charge on any atom is -0.508 e. The number of carbonyl (C=O) groups excluding carboxylic acids is 1. The lowest BCUT2D eigenvalue weighted by Crippen LogP contribution is -2.56. The molecule has 0 heterocycles. The summed E-state index contributed by atoms with van der Waals surface area (Å²) < 4.78 is 0. The predicted molar refractivity (Wildman–Crippen MR) is 77.0 cm³/mol. The number of ketones is 1. The molecule has 0 saturated carbocycles. The van der Waals surface area contributed by atoms with Gasteiger partial charge < -0.3 is 10.2 Å². The SMILES string of the molecule is CC1=C(C)[C@]2(C)c3c(O)ccc(O)c3[C@H]1C(=O)C2(C)C. The summed E-state index contributed by atoms with van der Waals surface area (Å²) in [5, 5.41) is 20.6. The maximum absolute atomic E-state index is 12.9. The van der Waals surface area contributed by atoms with Crippen molar-refractivity contribution in [3.8, 4) is 11.5 Å². The number of aromatic hydroxyl groups is 2. The van der Waals surface area contributed by atoms with Gasteiger partial charge in [-0.2, -0.15) is 0 Å². The van der Waals surface area contributed by atoms with Crippen LogP contribution < -0.4 is 0 Å². The highest BCUT2D eigenvalue weighted by Gasteiger charge is 2.61. The molecule has 0 radical (unpaired) electrons. The zero-order valence-corrected chi connectivity index (χ0v) is 12.5. The first-order valence-corrected chi connectivity index (χ1v) is 6.93. The Morgan fingerprint density at radius 1 is 1.05 bits per heavy atom. The molecule has 3 aliphatic carbocycles. The van der Waals surface area contributed by atoms with Crippen LogP contribution in [0.3, 0.4) is 0 Å². The van der Waals surface area contributed by atoms with Gasteiger partial charge in [0.15, 0.2) is 5.78 Å². The summed E-state index contributed by atoms with van der Waals surface area (Å²) in [6.07, 6.45) is 0. The lowest BCUT2D eigenvalue weighted by molar-refractivity contribution is -0.133. The molecule has 20 heavy (non-hydrogen) atoms. The highest BCUT2D eigenvalue weighted by molar-refractivity contribution is 6.01. The van der Waals surface area contributed by atoms with Crippen LogP contribution in [0.1, 0.15) is 51.7 Å². The standard InChI is InChI=1S/C17H20O3/c1-8-9(2)17(5)14-11(19)7-6-10(18)13(14)12(8)15(20)16(17,3)4/h6-7,12,18-19H,1-5H3/t12-,17+/m0/s1. The zero-order chi connectivity index (χ0) is 15.0. The number of Topliss-reactive ketones (excluding diaryl/α,β-unsaturated/α-hetero) is 1. The minimum absolute atomic E-state index is 0.102. The number of fused-ring (bicyclic) bond motifs is 1. The summed E-state index contributed by atoms with van der Waals surface area (Å²) >= 11 is 0. The molecule has 4 rings (SSSR count). The van der Waals surface area contributed by atoms with Crippen LogP contribution in [-0.4, -0.2) is 16.0 Å². The molecule has 2 bridgehead atoms.